The molecule has 0 atom stereocenters. The third-order valence-corrected chi connectivity index (χ3v) is 0. The first kappa shape index (κ1) is 31.7. The van der Waals surface area contributed by atoms with Gasteiger partial charge in [0.25, 0.3) is 0 Å². The van der Waals surface area contributed by atoms with Gasteiger partial charge in [0, 0.05) is 6.61 Å². The maximum absolute atomic E-state index is 7.57. The fraction of sp³-hybridized carbons (Fsp3) is 1.00. The zero-order valence-corrected chi connectivity index (χ0v) is 4.10. The van der Waals surface area contributed by atoms with Crippen LogP contribution in [0.5, 0.6) is 0 Å². The van der Waals surface area contributed by atoms with Crippen LogP contribution in [-0.2, 0) is 0 Å². The van der Waals surface area contributed by atoms with Gasteiger partial charge in [0.15, 0.2) is 0 Å². The van der Waals surface area contributed by atoms with Crippen LogP contribution in [0.4, 0.5) is 0 Å². The van der Waals surface area contributed by atoms with Crippen LogP contribution in [0.15, 0.2) is 0 Å². The van der Waals surface area contributed by atoms with Crippen LogP contribution in [0.3, 0.4) is 0 Å². The average molecular weight is 88.0 g/mol. The van der Waals surface area contributed by atoms with E-state index in [0.29, 0.717) is 0 Å². The maximum atomic E-state index is 7.57. The zero-order chi connectivity index (χ0) is 2.71. The van der Waals surface area contributed by atoms with Crippen molar-refractivity contribution in [2.75, 3.05) is 6.61 Å². The minimum absolute atomic E-state index is 0. The van der Waals surface area contributed by atoms with Crippen LogP contribution in [0, 0.1) is 0 Å². The van der Waals surface area contributed by atoms with E-state index in [0.717, 1.165) is 0 Å². The smallest absolute Gasteiger partial charge is 0.870 e. The van der Waals surface area contributed by atoms with Crippen molar-refractivity contribution in [3.05, 3.63) is 0 Å². The summed E-state index contributed by atoms with van der Waals surface area (Å²) in [7, 11) is 0. The Morgan fingerprint density at radius 3 is 1.50 bits per heavy atom. The number of aliphatic hydroxyl groups is 1. The van der Waals surface area contributed by atoms with E-state index in [9.17, 15) is 0 Å². The largest absolute Gasteiger partial charge is 1.00 e. The molecule has 3 nitrogen and oxygen atoms in total. The molecular weight excluding hydrogens is 79.0 g/mol. The Labute approximate surface area is 49.2 Å². The van der Waals surface area contributed by atoms with E-state index in [1.807, 2.05) is 0 Å². The molecule has 0 fully saturated rings. The first-order valence-electron chi connectivity index (χ1n) is 1.02. The third-order valence-electron chi connectivity index (χ3n) is 0. The molecule has 0 bridgehead atoms. The van der Waals surface area contributed by atoms with E-state index in [2.05, 4.69) is 0 Å². The van der Waals surface area contributed by atoms with Crippen molar-refractivity contribution >= 4 is 0 Å². The molecule has 4 N–H and O–H groups in total. The minimum Gasteiger partial charge on any atom is -0.870 e. The monoisotopic (exact) mass is 88.1 g/mol. The maximum Gasteiger partial charge on any atom is 1.00 e. The Hall–Kier alpha value is 0.477. The Morgan fingerprint density at radius 2 is 1.50 bits per heavy atom. The molecule has 0 aromatic carbocycles. The SMILES string of the molecule is CCO.O.[Li+].[OH-]. The summed E-state index contributed by atoms with van der Waals surface area (Å²) < 4.78 is 0. The van der Waals surface area contributed by atoms with Crippen LogP contribution < -0.4 is 18.9 Å². The van der Waals surface area contributed by atoms with Crippen molar-refractivity contribution in [2.24, 2.45) is 0 Å². The van der Waals surface area contributed by atoms with Gasteiger partial charge in [0.1, 0.15) is 0 Å². The summed E-state index contributed by atoms with van der Waals surface area (Å²) in [5, 5.41) is 7.57. The standard InChI is InChI=1S/C2H6O.Li.2H2O/c1-2-3;;;/h3H,2H2,1H3;;2*1H2/q;+1;;/p-1. The summed E-state index contributed by atoms with van der Waals surface area (Å²) in [4.78, 5) is 0. The summed E-state index contributed by atoms with van der Waals surface area (Å²) in [6.45, 7) is 1.93. The molecule has 6 heavy (non-hydrogen) atoms. The van der Waals surface area contributed by atoms with Crippen molar-refractivity contribution in [1.82, 2.24) is 0 Å². The number of rotatable bonds is 0. The van der Waals surface area contributed by atoms with Gasteiger partial charge in [-0.25, -0.2) is 0 Å². The molecular formula is C2H9LiO3. The van der Waals surface area contributed by atoms with Crippen LogP contribution >= 0.6 is 0 Å². The molecule has 0 rings (SSSR count). The molecule has 0 heterocycles. The van der Waals surface area contributed by atoms with Crippen molar-refractivity contribution in [3.63, 3.8) is 0 Å². The van der Waals surface area contributed by atoms with E-state index in [1.165, 1.54) is 0 Å². The van der Waals surface area contributed by atoms with Crippen LogP contribution in [-0.4, -0.2) is 22.7 Å². The second kappa shape index (κ2) is 50.3. The quantitative estimate of drug-likeness (QED) is 0.306. The molecule has 0 aromatic heterocycles. The van der Waals surface area contributed by atoms with Gasteiger partial charge in [-0.3, -0.25) is 0 Å². The summed E-state index contributed by atoms with van der Waals surface area (Å²) in [6.07, 6.45) is 0. The van der Waals surface area contributed by atoms with Gasteiger partial charge in [-0.15, -0.1) is 0 Å². The Kier molecular flexibility index (Phi) is 265. The molecule has 0 saturated carbocycles. The molecule has 0 aliphatic carbocycles. The average Bonchev–Trinajstić information content (AvgIpc) is 0.918. The molecule has 0 unspecified atom stereocenters. The van der Waals surface area contributed by atoms with Gasteiger partial charge in [-0.1, -0.05) is 0 Å². The van der Waals surface area contributed by atoms with Crippen molar-refractivity contribution in [3.8, 4) is 0 Å². The summed E-state index contributed by atoms with van der Waals surface area (Å²) >= 11 is 0. The Bertz CT molecular complexity index is 8.75. The molecule has 4 heteroatoms. The van der Waals surface area contributed by atoms with Gasteiger partial charge in [-0.2, -0.15) is 0 Å². The van der Waals surface area contributed by atoms with Gasteiger partial charge < -0.3 is 16.1 Å². The van der Waals surface area contributed by atoms with Crippen LogP contribution in [0.25, 0.3) is 0 Å². The Morgan fingerprint density at radius 1 is 1.50 bits per heavy atom. The topological polar surface area (TPSA) is 81.7 Å². The fourth-order valence-corrected chi connectivity index (χ4v) is 0. The van der Waals surface area contributed by atoms with Crippen molar-refractivity contribution < 1.29 is 34.9 Å². The van der Waals surface area contributed by atoms with E-state index in [1.54, 1.807) is 6.92 Å². The van der Waals surface area contributed by atoms with E-state index in [4.69, 9.17) is 5.11 Å². The van der Waals surface area contributed by atoms with Gasteiger partial charge in [0.05, 0.1) is 0 Å². The number of hydrogen-bond acceptors (Lipinski definition) is 2. The van der Waals surface area contributed by atoms with Crippen LogP contribution in [0.2, 0.25) is 0 Å². The van der Waals surface area contributed by atoms with Gasteiger partial charge >= 0.3 is 18.9 Å². The number of aliphatic hydroxyl groups excluding tert-OH is 1. The van der Waals surface area contributed by atoms with E-state index in [-0.39, 0.29) is 36.4 Å². The van der Waals surface area contributed by atoms with E-state index >= 15 is 0 Å². The molecule has 0 aromatic rings. The minimum atomic E-state index is 0. The van der Waals surface area contributed by atoms with Gasteiger partial charge in [-0.05, 0) is 6.92 Å². The molecule has 0 aliphatic rings. The normalized spacial score (nSPS) is 3.00. The first-order chi connectivity index (χ1) is 1.41. The molecule has 0 amide bonds. The molecule has 36 valence electrons. The molecule has 0 spiro atoms. The predicted octanol–water partition coefficient (Wildman–Crippen LogP) is -4.00. The number of hydrogen-bond donors (Lipinski definition) is 1. The second-order valence-electron chi connectivity index (χ2n) is 0.316. The molecule has 0 saturated heterocycles. The predicted molar refractivity (Wildman–Crippen MR) is 18.3 cm³/mol. The fourth-order valence-electron chi connectivity index (χ4n) is 0. The Balaban J connectivity index is -0.00000000667. The van der Waals surface area contributed by atoms with E-state index < -0.39 is 0 Å². The van der Waals surface area contributed by atoms with Gasteiger partial charge in [0.2, 0.25) is 0 Å². The second-order valence-corrected chi connectivity index (χ2v) is 0.316. The van der Waals surface area contributed by atoms with Crippen LogP contribution in [0.1, 0.15) is 6.92 Å². The van der Waals surface area contributed by atoms with Crippen molar-refractivity contribution in [2.45, 2.75) is 6.92 Å². The summed E-state index contributed by atoms with van der Waals surface area (Å²) in [6, 6.07) is 0. The van der Waals surface area contributed by atoms with Crippen molar-refractivity contribution in [1.29, 1.82) is 0 Å². The summed E-state index contributed by atoms with van der Waals surface area (Å²) in [5.41, 5.74) is 0. The molecule has 0 aliphatic heterocycles. The summed E-state index contributed by atoms with van der Waals surface area (Å²) in [5.74, 6) is 0. The third kappa shape index (κ3) is 238. The molecule has 0 radical (unpaired) electrons. The zero-order valence-electron chi connectivity index (χ0n) is 4.10. The first-order valence-corrected chi connectivity index (χ1v) is 1.02.